The van der Waals surface area contributed by atoms with E-state index in [1.54, 1.807) is 0 Å². The molecule has 0 bridgehead atoms. The maximum atomic E-state index is 6.12. The number of halogens is 1. The van der Waals surface area contributed by atoms with Gasteiger partial charge in [-0.1, -0.05) is 47.1 Å². The van der Waals surface area contributed by atoms with Gasteiger partial charge in [0.1, 0.15) is 0 Å². The molecule has 164 valence electrons. The van der Waals surface area contributed by atoms with Crippen LogP contribution in [0.25, 0.3) is 11.4 Å². The van der Waals surface area contributed by atoms with Crippen LogP contribution in [0.5, 0.6) is 0 Å². The number of aromatic nitrogens is 4. The fourth-order valence-corrected chi connectivity index (χ4v) is 4.66. The van der Waals surface area contributed by atoms with Crippen molar-refractivity contribution in [2.24, 2.45) is 0 Å². The standard InChI is InChI=1S/C24H24ClN5OS/c1-17-14-22(31-27-17)21-8-5-13-28(21)16-30-24(32)29(15-18-6-3-2-4-7-18)23(26-30)19-9-11-20(25)12-10-19/h2-4,6-7,9-12,14,21H,5,8,13,15-16H2,1H3/t21-/m1/s1. The molecule has 1 fully saturated rings. The number of benzene rings is 2. The van der Waals surface area contributed by atoms with Crippen molar-refractivity contribution in [3.8, 4) is 11.4 Å². The topological polar surface area (TPSA) is 52.0 Å². The van der Waals surface area contributed by atoms with Crippen molar-refractivity contribution < 1.29 is 4.52 Å². The van der Waals surface area contributed by atoms with E-state index in [9.17, 15) is 0 Å². The lowest BCUT2D eigenvalue weighted by Crippen LogP contribution is -2.26. The zero-order valence-electron chi connectivity index (χ0n) is 17.8. The highest BCUT2D eigenvalue weighted by atomic mass is 35.5. The molecule has 1 aliphatic rings. The van der Waals surface area contributed by atoms with E-state index >= 15 is 0 Å². The Labute approximate surface area is 197 Å². The predicted octanol–water partition coefficient (Wildman–Crippen LogP) is 5.87. The predicted molar refractivity (Wildman–Crippen MR) is 127 cm³/mol. The van der Waals surface area contributed by atoms with Crippen molar-refractivity contribution in [1.82, 2.24) is 24.4 Å². The molecule has 3 heterocycles. The Bertz CT molecular complexity index is 1260. The Morgan fingerprint density at radius 3 is 2.62 bits per heavy atom. The molecule has 1 atom stereocenters. The summed E-state index contributed by atoms with van der Waals surface area (Å²) in [4.78, 5) is 2.36. The van der Waals surface area contributed by atoms with Crippen LogP contribution in [-0.4, -0.2) is 30.9 Å². The quantitative estimate of drug-likeness (QED) is 0.333. The highest BCUT2D eigenvalue weighted by Gasteiger charge is 2.30. The summed E-state index contributed by atoms with van der Waals surface area (Å²) in [6, 6.07) is 20.3. The Balaban J connectivity index is 1.50. The first-order valence-electron chi connectivity index (χ1n) is 10.7. The number of hydrogen-bond acceptors (Lipinski definition) is 5. The lowest BCUT2D eigenvalue weighted by Gasteiger charge is -2.21. The van der Waals surface area contributed by atoms with Crippen LogP contribution in [0.2, 0.25) is 5.02 Å². The molecule has 1 aliphatic heterocycles. The highest BCUT2D eigenvalue weighted by molar-refractivity contribution is 7.71. The van der Waals surface area contributed by atoms with Gasteiger partial charge in [-0.3, -0.25) is 9.47 Å². The van der Waals surface area contributed by atoms with Gasteiger partial charge in [0.25, 0.3) is 0 Å². The molecule has 0 spiro atoms. The molecule has 0 N–H and O–H groups in total. The van der Waals surface area contributed by atoms with Crippen molar-refractivity contribution in [2.45, 2.75) is 39.0 Å². The molecule has 2 aromatic carbocycles. The number of hydrogen-bond donors (Lipinski definition) is 0. The van der Waals surface area contributed by atoms with E-state index in [0.29, 0.717) is 23.0 Å². The zero-order valence-corrected chi connectivity index (χ0v) is 19.4. The number of likely N-dealkylation sites (tertiary alicyclic amines) is 1. The summed E-state index contributed by atoms with van der Waals surface area (Å²) in [5.41, 5.74) is 3.06. The number of aryl methyl sites for hydroxylation is 1. The Kier molecular flexibility index (Phi) is 5.95. The van der Waals surface area contributed by atoms with E-state index < -0.39 is 0 Å². The van der Waals surface area contributed by atoms with Crippen molar-refractivity contribution >= 4 is 23.8 Å². The van der Waals surface area contributed by atoms with Crippen LogP contribution in [0, 0.1) is 11.7 Å². The average molecular weight is 466 g/mol. The molecule has 1 saturated heterocycles. The monoisotopic (exact) mass is 465 g/mol. The minimum atomic E-state index is 0.191. The largest absolute Gasteiger partial charge is 0.359 e. The maximum absolute atomic E-state index is 6.12. The van der Waals surface area contributed by atoms with Gasteiger partial charge in [0.05, 0.1) is 24.9 Å². The van der Waals surface area contributed by atoms with Crippen LogP contribution in [0.15, 0.2) is 65.2 Å². The van der Waals surface area contributed by atoms with Gasteiger partial charge in [0.15, 0.2) is 16.4 Å². The van der Waals surface area contributed by atoms with Crippen LogP contribution in [0.1, 0.15) is 35.9 Å². The van der Waals surface area contributed by atoms with Gasteiger partial charge < -0.3 is 4.52 Å². The molecule has 0 amide bonds. The van der Waals surface area contributed by atoms with E-state index in [4.69, 9.17) is 33.4 Å². The van der Waals surface area contributed by atoms with Crippen molar-refractivity contribution in [3.63, 3.8) is 0 Å². The second-order valence-corrected chi connectivity index (χ2v) is 8.97. The fraction of sp³-hybridized carbons (Fsp3) is 0.292. The van der Waals surface area contributed by atoms with Crippen LogP contribution in [0.4, 0.5) is 0 Å². The first kappa shape index (κ1) is 21.1. The lowest BCUT2D eigenvalue weighted by atomic mass is 10.1. The van der Waals surface area contributed by atoms with Crippen molar-refractivity contribution in [3.05, 3.63) is 87.5 Å². The second kappa shape index (κ2) is 9.02. The SMILES string of the molecule is Cc1cc([C@H]2CCCN2Cn2nc(-c3ccc(Cl)cc3)n(Cc3ccccc3)c2=S)on1. The fourth-order valence-electron chi connectivity index (χ4n) is 4.28. The van der Waals surface area contributed by atoms with Gasteiger partial charge in [-0.2, -0.15) is 5.10 Å². The van der Waals surface area contributed by atoms with Crippen LogP contribution < -0.4 is 0 Å². The Morgan fingerprint density at radius 2 is 1.91 bits per heavy atom. The van der Waals surface area contributed by atoms with Crippen molar-refractivity contribution in [1.29, 1.82) is 0 Å². The molecular formula is C24H24ClN5OS. The summed E-state index contributed by atoms with van der Waals surface area (Å²) in [5, 5.41) is 9.72. The molecule has 32 heavy (non-hydrogen) atoms. The first-order chi connectivity index (χ1) is 15.6. The van der Waals surface area contributed by atoms with Gasteiger partial charge in [-0.05, 0) is 61.8 Å². The first-order valence-corrected chi connectivity index (χ1v) is 11.5. The molecule has 0 radical (unpaired) electrons. The minimum Gasteiger partial charge on any atom is -0.359 e. The Morgan fingerprint density at radius 1 is 1.12 bits per heavy atom. The van der Waals surface area contributed by atoms with Crippen LogP contribution in [0.3, 0.4) is 0 Å². The van der Waals surface area contributed by atoms with Crippen LogP contribution in [-0.2, 0) is 13.2 Å². The second-order valence-electron chi connectivity index (χ2n) is 8.17. The summed E-state index contributed by atoms with van der Waals surface area (Å²) in [6.45, 7) is 4.17. The lowest BCUT2D eigenvalue weighted by molar-refractivity contribution is 0.163. The molecule has 5 rings (SSSR count). The van der Waals surface area contributed by atoms with Gasteiger partial charge in [-0.15, -0.1) is 0 Å². The summed E-state index contributed by atoms with van der Waals surface area (Å²) in [7, 11) is 0. The van der Waals surface area contributed by atoms with Gasteiger partial charge in [0.2, 0.25) is 0 Å². The average Bonchev–Trinajstić information content (AvgIpc) is 3.51. The third kappa shape index (κ3) is 4.28. The molecule has 2 aromatic heterocycles. The summed E-state index contributed by atoms with van der Waals surface area (Å²) in [6.07, 6.45) is 2.14. The van der Waals surface area contributed by atoms with E-state index in [-0.39, 0.29) is 6.04 Å². The van der Waals surface area contributed by atoms with Crippen LogP contribution >= 0.6 is 23.8 Å². The van der Waals surface area contributed by atoms with Crippen molar-refractivity contribution in [2.75, 3.05) is 6.54 Å². The molecular weight excluding hydrogens is 442 g/mol. The summed E-state index contributed by atoms with van der Waals surface area (Å²) >= 11 is 12.0. The normalized spacial score (nSPS) is 16.6. The third-order valence-corrected chi connectivity index (χ3v) is 6.55. The summed E-state index contributed by atoms with van der Waals surface area (Å²) in [5.74, 6) is 1.75. The highest BCUT2D eigenvalue weighted by Crippen LogP contribution is 2.33. The van der Waals surface area contributed by atoms with Gasteiger partial charge in [-0.25, -0.2) is 4.68 Å². The van der Waals surface area contributed by atoms with E-state index in [0.717, 1.165) is 42.2 Å². The minimum absolute atomic E-state index is 0.191. The van der Waals surface area contributed by atoms with Gasteiger partial charge >= 0.3 is 0 Å². The Hall–Kier alpha value is -2.74. The number of nitrogens with zero attached hydrogens (tertiary/aromatic N) is 5. The summed E-state index contributed by atoms with van der Waals surface area (Å²) < 4.78 is 10.3. The number of rotatable bonds is 6. The molecule has 0 saturated carbocycles. The van der Waals surface area contributed by atoms with Gasteiger partial charge in [0, 0.05) is 23.2 Å². The van der Waals surface area contributed by atoms with E-state index in [1.165, 1.54) is 5.56 Å². The van der Waals surface area contributed by atoms with E-state index in [1.807, 2.05) is 60.1 Å². The smallest absolute Gasteiger partial charge is 0.199 e. The molecule has 4 aromatic rings. The third-order valence-electron chi connectivity index (χ3n) is 5.86. The molecule has 8 heteroatoms. The molecule has 0 unspecified atom stereocenters. The molecule has 0 aliphatic carbocycles. The maximum Gasteiger partial charge on any atom is 0.199 e. The van der Waals surface area contributed by atoms with E-state index in [2.05, 4.69) is 26.8 Å². The molecule has 6 nitrogen and oxygen atoms in total. The zero-order chi connectivity index (χ0) is 22.1.